The number of imidazole rings is 1. The molecule has 130 valence electrons. The van der Waals surface area contributed by atoms with Crippen LogP contribution < -0.4 is 5.01 Å². The van der Waals surface area contributed by atoms with Gasteiger partial charge in [-0.25, -0.2) is 4.98 Å². The third-order valence-electron chi connectivity index (χ3n) is 3.96. The van der Waals surface area contributed by atoms with E-state index in [1.54, 1.807) is 18.4 Å². The number of carbonyl (C=O) groups excluding carboxylic acids is 2. The van der Waals surface area contributed by atoms with Crippen molar-refractivity contribution in [3.05, 3.63) is 41.2 Å². The monoisotopic (exact) mass is 356 g/mol. The molecule has 1 amide bonds. The molecular weight excluding hydrogens is 336 g/mol. The second-order valence-corrected chi connectivity index (χ2v) is 6.78. The Hall–Kier alpha value is -2.41. The van der Waals surface area contributed by atoms with Gasteiger partial charge in [0.15, 0.2) is 5.82 Å². The summed E-state index contributed by atoms with van der Waals surface area (Å²) >= 11 is 1.37. The fourth-order valence-electron chi connectivity index (χ4n) is 2.57. The van der Waals surface area contributed by atoms with Crippen LogP contribution in [0.4, 0.5) is 5.82 Å². The predicted octanol–water partition coefficient (Wildman–Crippen LogP) is 3.76. The third-order valence-corrected chi connectivity index (χ3v) is 5.03. The molecule has 0 unspecified atom stereocenters. The quantitative estimate of drug-likeness (QED) is 0.840. The molecule has 0 N–H and O–H groups in total. The fourth-order valence-corrected chi connectivity index (χ4v) is 3.67. The summed E-state index contributed by atoms with van der Waals surface area (Å²) in [5.74, 6) is 0.804. The predicted molar refractivity (Wildman–Crippen MR) is 99.2 cm³/mol. The summed E-state index contributed by atoms with van der Waals surface area (Å²) < 4.78 is 1.58. The minimum Gasteiger partial charge on any atom is -0.274 e. The molecule has 1 aliphatic rings. The number of benzene rings is 1. The maximum Gasteiger partial charge on any atom is 0.248 e. The van der Waals surface area contributed by atoms with E-state index >= 15 is 0 Å². The minimum atomic E-state index is -0.153. The average Bonchev–Trinajstić information content (AvgIpc) is 2.96. The molecule has 3 rings (SSSR count). The van der Waals surface area contributed by atoms with Gasteiger partial charge in [-0.1, -0.05) is 43.7 Å². The number of rotatable bonds is 3. The Morgan fingerprint density at radius 2 is 1.68 bits per heavy atom. The van der Waals surface area contributed by atoms with Crippen molar-refractivity contribution in [2.24, 2.45) is 5.10 Å². The summed E-state index contributed by atoms with van der Waals surface area (Å²) in [4.78, 5) is 29.2. The van der Waals surface area contributed by atoms with Crippen molar-refractivity contribution in [3.63, 3.8) is 0 Å². The fraction of sp³-hybridized carbons (Fsp3) is 0.333. The summed E-state index contributed by atoms with van der Waals surface area (Å²) in [6, 6.07) is 7.94. The molecule has 0 aliphatic carbocycles. The molecule has 6 nitrogen and oxygen atoms in total. The molecule has 0 radical (unpaired) electrons. The summed E-state index contributed by atoms with van der Waals surface area (Å²) in [7, 11) is 0. The van der Waals surface area contributed by atoms with E-state index in [0.29, 0.717) is 34.6 Å². The Morgan fingerprint density at radius 3 is 2.28 bits per heavy atom. The van der Waals surface area contributed by atoms with Crippen LogP contribution in [0.25, 0.3) is 0 Å². The van der Waals surface area contributed by atoms with E-state index < -0.39 is 0 Å². The number of hydrogen-bond acceptors (Lipinski definition) is 5. The van der Waals surface area contributed by atoms with Gasteiger partial charge in [-0.15, -0.1) is 0 Å². The van der Waals surface area contributed by atoms with Gasteiger partial charge in [-0.2, -0.15) is 10.1 Å². The number of aryl methyl sites for hydroxylation is 2. The van der Waals surface area contributed by atoms with Crippen molar-refractivity contribution in [2.45, 2.75) is 45.6 Å². The van der Waals surface area contributed by atoms with E-state index in [0.717, 1.165) is 11.1 Å². The number of thioether (sulfide) groups is 1. The number of hydrogen-bond donors (Lipinski definition) is 0. The van der Waals surface area contributed by atoms with Crippen molar-refractivity contribution >= 4 is 34.4 Å². The number of nitrogens with zero attached hydrogens (tertiary/aromatic N) is 4. The highest BCUT2D eigenvalue weighted by atomic mass is 32.2. The number of anilines is 1. The number of amides is 1. The van der Waals surface area contributed by atoms with E-state index in [1.807, 2.05) is 38.1 Å². The smallest absolute Gasteiger partial charge is 0.248 e. The minimum absolute atomic E-state index is 0.0483. The van der Waals surface area contributed by atoms with Gasteiger partial charge >= 0.3 is 0 Å². The highest BCUT2D eigenvalue weighted by Crippen LogP contribution is 2.38. The highest BCUT2D eigenvalue weighted by molar-refractivity contribution is 8.14. The van der Waals surface area contributed by atoms with Crippen LogP contribution in [0, 0.1) is 13.8 Å². The second-order valence-electron chi connectivity index (χ2n) is 5.80. The Kier molecular flexibility index (Phi) is 4.76. The van der Waals surface area contributed by atoms with Crippen LogP contribution in [0.5, 0.6) is 0 Å². The normalized spacial score (nSPS) is 13.4. The summed E-state index contributed by atoms with van der Waals surface area (Å²) in [5, 5.41) is 7.17. The molecule has 0 saturated heterocycles. The molecule has 7 heteroatoms. The van der Waals surface area contributed by atoms with Crippen molar-refractivity contribution in [1.82, 2.24) is 9.55 Å². The van der Waals surface area contributed by atoms with Crippen molar-refractivity contribution in [1.29, 1.82) is 0 Å². The zero-order valence-corrected chi connectivity index (χ0v) is 15.6. The molecule has 2 aromatic rings. The van der Waals surface area contributed by atoms with Gasteiger partial charge in [0.05, 0.1) is 0 Å². The molecule has 0 saturated carbocycles. The number of aromatic nitrogens is 2. The zero-order chi connectivity index (χ0) is 18.1. The van der Waals surface area contributed by atoms with Crippen molar-refractivity contribution in [3.8, 4) is 0 Å². The maximum absolute atomic E-state index is 12.4. The molecule has 0 fully saturated rings. The lowest BCUT2D eigenvalue weighted by atomic mass is 10.2. The number of hydrazone groups is 1. The molecule has 1 aliphatic heterocycles. The lowest BCUT2D eigenvalue weighted by Gasteiger charge is -2.22. The lowest BCUT2D eigenvalue weighted by Crippen LogP contribution is -2.29. The second kappa shape index (κ2) is 6.84. The Bertz CT molecular complexity index is 868. The van der Waals surface area contributed by atoms with Crippen LogP contribution >= 0.6 is 11.8 Å². The van der Waals surface area contributed by atoms with Crippen LogP contribution in [0.2, 0.25) is 0 Å². The molecule has 25 heavy (non-hydrogen) atoms. The van der Waals surface area contributed by atoms with Gasteiger partial charge in [-0.3, -0.25) is 14.2 Å². The first kappa shape index (κ1) is 17.4. The standard InChI is InChI=1S/C18H20N4O2S/c1-5-14(23)21-12(4)19-16-18(21)25-17(20-22(16)15(24)6-2)13-9-7-11(3)8-10-13/h7-10H,5-6H2,1-4H3. The molecule has 1 aromatic heterocycles. The molecule has 2 heterocycles. The molecule has 0 bridgehead atoms. The Labute approximate surface area is 150 Å². The van der Waals surface area contributed by atoms with Gasteiger partial charge in [0.1, 0.15) is 15.9 Å². The largest absolute Gasteiger partial charge is 0.274 e. The van der Waals surface area contributed by atoms with E-state index in [2.05, 4.69) is 10.1 Å². The highest BCUT2D eigenvalue weighted by Gasteiger charge is 2.32. The van der Waals surface area contributed by atoms with E-state index in [9.17, 15) is 9.59 Å². The molecule has 0 spiro atoms. The first-order valence-electron chi connectivity index (χ1n) is 8.25. The zero-order valence-electron chi connectivity index (χ0n) is 14.7. The van der Waals surface area contributed by atoms with Crippen LogP contribution in [0.15, 0.2) is 34.4 Å². The molecular formula is C18H20N4O2S. The molecule has 1 aromatic carbocycles. The Balaban J connectivity index is 2.14. The van der Waals surface area contributed by atoms with E-state index in [-0.39, 0.29) is 11.8 Å². The van der Waals surface area contributed by atoms with Crippen molar-refractivity contribution < 1.29 is 9.59 Å². The summed E-state index contributed by atoms with van der Waals surface area (Å²) in [5.41, 5.74) is 2.05. The first-order valence-corrected chi connectivity index (χ1v) is 9.06. The van der Waals surface area contributed by atoms with Gasteiger partial charge in [0.25, 0.3) is 0 Å². The molecule has 0 atom stereocenters. The summed E-state index contributed by atoms with van der Waals surface area (Å²) in [6.07, 6.45) is 0.672. The maximum atomic E-state index is 12.4. The summed E-state index contributed by atoms with van der Waals surface area (Å²) in [6.45, 7) is 7.38. The average molecular weight is 356 g/mol. The SMILES string of the molecule is CCC(=O)N1N=C(c2ccc(C)cc2)Sc2c1nc(C)n2C(=O)CC. The van der Waals surface area contributed by atoms with Crippen LogP contribution in [0.3, 0.4) is 0 Å². The van der Waals surface area contributed by atoms with Gasteiger partial charge in [0.2, 0.25) is 11.8 Å². The third kappa shape index (κ3) is 3.11. The van der Waals surface area contributed by atoms with Crippen LogP contribution in [-0.4, -0.2) is 26.4 Å². The van der Waals surface area contributed by atoms with Crippen LogP contribution in [0.1, 0.15) is 48.4 Å². The number of fused-ring (bicyclic) bond motifs is 1. The van der Waals surface area contributed by atoms with E-state index in [4.69, 9.17) is 0 Å². The van der Waals surface area contributed by atoms with E-state index in [1.165, 1.54) is 16.8 Å². The van der Waals surface area contributed by atoms with Gasteiger partial charge < -0.3 is 0 Å². The topological polar surface area (TPSA) is 67.6 Å². The first-order chi connectivity index (χ1) is 12.0. The van der Waals surface area contributed by atoms with Crippen molar-refractivity contribution in [2.75, 3.05) is 5.01 Å². The Morgan fingerprint density at radius 1 is 1.04 bits per heavy atom. The lowest BCUT2D eigenvalue weighted by molar-refractivity contribution is -0.118. The van der Waals surface area contributed by atoms with Crippen LogP contribution in [-0.2, 0) is 4.79 Å². The van der Waals surface area contributed by atoms with Gasteiger partial charge in [0, 0.05) is 18.4 Å². The van der Waals surface area contributed by atoms with Gasteiger partial charge in [-0.05, 0) is 25.6 Å². The number of carbonyl (C=O) groups is 2.